The Morgan fingerprint density at radius 3 is 2.71 bits per heavy atom. The number of aliphatic hydroxyl groups is 1. The average Bonchev–Trinajstić information content (AvgIpc) is 2.32. The molecule has 0 aromatic heterocycles. The first-order chi connectivity index (χ1) is 8.07. The van der Waals surface area contributed by atoms with E-state index in [0.717, 1.165) is 5.56 Å². The number of halogens is 2. The van der Waals surface area contributed by atoms with Crippen molar-refractivity contribution in [2.24, 2.45) is 0 Å². The van der Waals surface area contributed by atoms with Gasteiger partial charge in [-0.1, -0.05) is 30.3 Å². The molecule has 4 heteroatoms. The Bertz CT molecular complexity index is 356. The van der Waals surface area contributed by atoms with Gasteiger partial charge in [-0.05, 0) is 12.0 Å². The lowest BCUT2D eigenvalue weighted by Gasteiger charge is -2.33. The minimum absolute atomic E-state index is 0.166. The first kappa shape index (κ1) is 12.5. The second-order valence-electron chi connectivity index (χ2n) is 4.64. The van der Waals surface area contributed by atoms with Gasteiger partial charge < -0.3 is 10.4 Å². The van der Waals surface area contributed by atoms with Gasteiger partial charge in [-0.2, -0.15) is 0 Å². The van der Waals surface area contributed by atoms with Gasteiger partial charge in [0.05, 0.1) is 6.10 Å². The molecule has 2 rings (SSSR count). The van der Waals surface area contributed by atoms with Crippen molar-refractivity contribution >= 4 is 0 Å². The molecule has 17 heavy (non-hydrogen) atoms. The summed E-state index contributed by atoms with van der Waals surface area (Å²) in [4.78, 5) is 0. The fourth-order valence-electron chi connectivity index (χ4n) is 2.17. The molecular formula is C13H17F2NO. The number of benzene rings is 1. The van der Waals surface area contributed by atoms with Gasteiger partial charge in [-0.3, -0.25) is 0 Å². The number of hydrogen-bond donors (Lipinski definition) is 2. The maximum atomic E-state index is 13.2. The van der Waals surface area contributed by atoms with Crippen LogP contribution in [0.2, 0.25) is 0 Å². The zero-order chi connectivity index (χ0) is 12.3. The highest BCUT2D eigenvalue weighted by atomic mass is 19.3. The molecule has 0 radical (unpaired) electrons. The molecule has 1 aromatic carbocycles. The van der Waals surface area contributed by atoms with Crippen molar-refractivity contribution in [3.05, 3.63) is 35.9 Å². The van der Waals surface area contributed by atoms with E-state index in [4.69, 9.17) is 0 Å². The zero-order valence-corrected chi connectivity index (χ0v) is 9.57. The van der Waals surface area contributed by atoms with Crippen molar-refractivity contribution in [3.63, 3.8) is 0 Å². The quantitative estimate of drug-likeness (QED) is 0.851. The van der Waals surface area contributed by atoms with Crippen LogP contribution in [-0.2, 0) is 6.54 Å². The third-order valence-corrected chi connectivity index (χ3v) is 3.20. The third-order valence-electron chi connectivity index (χ3n) is 3.20. The van der Waals surface area contributed by atoms with E-state index in [9.17, 15) is 13.9 Å². The molecule has 0 heterocycles. The molecule has 94 valence electrons. The largest absolute Gasteiger partial charge is 0.391 e. The number of nitrogens with one attached hydrogen (secondary N) is 1. The summed E-state index contributed by atoms with van der Waals surface area (Å²) in [6, 6.07) is 9.07. The zero-order valence-electron chi connectivity index (χ0n) is 9.57. The van der Waals surface area contributed by atoms with Crippen molar-refractivity contribution in [2.45, 2.75) is 43.9 Å². The molecule has 1 fully saturated rings. The van der Waals surface area contributed by atoms with Crippen LogP contribution in [0.5, 0.6) is 0 Å². The van der Waals surface area contributed by atoms with Crippen LogP contribution >= 0.6 is 0 Å². The van der Waals surface area contributed by atoms with Crippen LogP contribution in [0.1, 0.15) is 24.8 Å². The van der Waals surface area contributed by atoms with Gasteiger partial charge in [0.1, 0.15) is 0 Å². The summed E-state index contributed by atoms with van der Waals surface area (Å²) in [6.45, 7) is 0.513. The molecule has 0 bridgehead atoms. The molecule has 1 aliphatic carbocycles. The highest BCUT2D eigenvalue weighted by Crippen LogP contribution is 2.33. The minimum Gasteiger partial charge on any atom is -0.391 e. The fourth-order valence-corrected chi connectivity index (χ4v) is 2.17. The van der Waals surface area contributed by atoms with Crippen LogP contribution in [0.3, 0.4) is 0 Å². The van der Waals surface area contributed by atoms with E-state index in [1.165, 1.54) is 0 Å². The molecule has 2 N–H and O–H groups in total. The summed E-state index contributed by atoms with van der Waals surface area (Å²) < 4.78 is 26.4. The Kier molecular flexibility index (Phi) is 3.74. The van der Waals surface area contributed by atoms with Crippen LogP contribution in [0, 0.1) is 0 Å². The van der Waals surface area contributed by atoms with Crippen LogP contribution < -0.4 is 5.32 Å². The number of alkyl halides is 2. The van der Waals surface area contributed by atoms with E-state index in [1.807, 2.05) is 30.3 Å². The van der Waals surface area contributed by atoms with Gasteiger partial charge in [0.2, 0.25) is 5.92 Å². The van der Waals surface area contributed by atoms with Crippen molar-refractivity contribution in [1.29, 1.82) is 0 Å². The Hall–Kier alpha value is -1.00. The van der Waals surface area contributed by atoms with Gasteiger partial charge in [0.15, 0.2) is 0 Å². The highest BCUT2D eigenvalue weighted by molar-refractivity contribution is 5.14. The van der Waals surface area contributed by atoms with E-state index >= 15 is 0 Å². The number of hydrogen-bond acceptors (Lipinski definition) is 2. The topological polar surface area (TPSA) is 32.3 Å². The van der Waals surface area contributed by atoms with E-state index < -0.39 is 18.1 Å². The van der Waals surface area contributed by atoms with E-state index in [-0.39, 0.29) is 19.3 Å². The molecule has 0 spiro atoms. The average molecular weight is 241 g/mol. The second-order valence-corrected chi connectivity index (χ2v) is 4.64. The summed E-state index contributed by atoms with van der Waals surface area (Å²) in [7, 11) is 0. The molecular weight excluding hydrogens is 224 g/mol. The number of rotatable bonds is 3. The van der Waals surface area contributed by atoms with Crippen LogP contribution in [0.25, 0.3) is 0 Å². The molecule has 1 saturated carbocycles. The van der Waals surface area contributed by atoms with Gasteiger partial charge >= 0.3 is 0 Å². The Labute approximate surface area is 99.7 Å². The SMILES string of the molecule is OC1CCC(F)(F)CC1NCc1ccccc1. The van der Waals surface area contributed by atoms with Crippen molar-refractivity contribution in [1.82, 2.24) is 5.32 Å². The first-order valence-corrected chi connectivity index (χ1v) is 5.90. The molecule has 2 unspecified atom stereocenters. The Balaban J connectivity index is 1.89. The summed E-state index contributed by atoms with van der Waals surface area (Å²) in [5, 5.41) is 12.7. The lowest BCUT2D eigenvalue weighted by molar-refractivity contribution is -0.0789. The molecule has 0 saturated heterocycles. The van der Waals surface area contributed by atoms with Crippen LogP contribution in [0.15, 0.2) is 30.3 Å². The summed E-state index contributed by atoms with van der Waals surface area (Å²) in [6.07, 6.45) is -0.989. The molecule has 1 aromatic rings. The second kappa shape index (κ2) is 5.10. The first-order valence-electron chi connectivity index (χ1n) is 5.90. The maximum absolute atomic E-state index is 13.2. The van der Waals surface area contributed by atoms with Crippen LogP contribution in [-0.4, -0.2) is 23.2 Å². The standard InChI is InChI=1S/C13H17F2NO/c14-13(15)7-6-12(17)11(8-13)16-9-10-4-2-1-3-5-10/h1-5,11-12,16-17H,6-9H2. The monoisotopic (exact) mass is 241 g/mol. The van der Waals surface area contributed by atoms with Crippen molar-refractivity contribution in [3.8, 4) is 0 Å². The van der Waals surface area contributed by atoms with E-state index in [0.29, 0.717) is 6.54 Å². The predicted molar refractivity (Wildman–Crippen MR) is 61.9 cm³/mol. The molecule has 2 nitrogen and oxygen atoms in total. The van der Waals surface area contributed by atoms with Gasteiger partial charge in [-0.25, -0.2) is 8.78 Å². The lowest BCUT2D eigenvalue weighted by atomic mass is 9.89. The minimum atomic E-state index is -2.65. The smallest absolute Gasteiger partial charge is 0.249 e. The molecule has 1 aliphatic rings. The highest BCUT2D eigenvalue weighted by Gasteiger charge is 2.40. The fraction of sp³-hybridized carbons (Fsp3) is 0.538. The van der Waals surface area contributed by atoms with Crippen molar-refractivity contribution < 1.29 is 13.9 Å². The maximum Gasteiger partial charge on any atom is 0.249 e. The van der Waals surface area contributed by atoms with Gasteiger partial charge in [-0.15, -0.1) is 0 Å². The third kappa shape index (κ3) is 3.48. The molecule has 0 aliphatic heterocycles. The predicted octanol–water partition coefficient (Wildman–Crippen LogP) is 2.32. The Morgan fingerprint density at radius 1 is 1.29 bits per heavy atom. The molecule has 2 atom stereocenters. The van der Waals surface area contributed by atoms with Crippen molar-refractivity contribution in [2.75, 3.05) is 0 Å². The van der Waals surface area contributed by atoms with Crippen LogP contribution in [0.4, 0.5) is 8.78 Å². The summed E-state index contributed by atoms with van der Waals surface area (Å²) >= 11 is 0. The van der Waals surface area contributed by atoms with E-state index in [1.54, 1.807) is 0 Å². The Morgan fingerprint density at radius 2 is 2.00 bits per heavy atom. The number of aliphatic hydroxyl groups excluding tert-OH is 1. The summed E-state index contributed by atoms with van der Waals surface area (Å²) in [5.74, 6) is -2.65. The van der Waals surface area contributed by atoms with E-state index in [2.05, 4.69) is 5.32 Å². The normalized spacial score (nSPS) is 27.9. The van der Waals surface area contributed by atoms with Gasteiger partial charge in [0.25, 0.3) is 0 Å². The molecule has 0 amide bonds. The lowest BCUT2D eigenvalue weighted by Crippen LogP contribution is -2.47. The summed E-state index contributed by atoms with van der Waals surface area (Å²) in [5.41, 5.74) is 1.04. The van der Waals surface area contributed by atoms with Gasteiger partial charge in [0, 0.05) is 25.4 Å².